The zero-order chi connectivity index (χ0) is 19.8. The molecule has 4 atom stereocenters. The Morgan fingerprint density at radius 2 is 2.10 bits per heavy atom. The number of nitrogens with two attached hydrogens (primary N) is 1. The second kappa shape index (κ2) is 6.19. The van der Waals surface area contributed by atoms with E-state index in [1.54, 1.807) is 4.90 Å². The van der Waals surface area contributed by atoms with Crippen molar-refractivity contribution in [1.82, 2.24) is 9.80 Å². The van der Waals surface area contributed by atoms with Crippen LogP contribution in [0.5, 0.6) is 11.5 Å². The predicted octanol–water partition coefficient (Wildman–Crippen LogP) is 0.303. The number of hydrogen-bond acceptors (Lipinski definition) is 5. The molecule has 1 aromatic rings. The van der Waals surface area contributed by atoms with Gasteiger partial charge in [-0.1, -0.05) is 6.07 Å². The van der Waals surface area contributed by atoms with E-state index in [1.807, 2.05) is 6.07 Å². The Hall–Kier alpha value is -2.12. The number of ether oxygens (including phenoxy) is 2. The molecule has 7 nitrogen and oxygen atoms in total. The van der Waals surface area contributed by atoms with E-state index in [2.05, 4.69) is 23.3 Å². The Labute approximate surface area is 170 Å². The van der Waals surface area contributed by atoms with Crippen LogP contribution in [0.1, 0.15) is 30.4 Å². The van der Waals surface area contributed by atoms with Gasteiger partial charge in [-0.2, -0.15) is 0 Å². The van der Waals surface area contributed by atoms with Crippen molar-refractivity contribution in [3.63, 3.8) is 0 Å². The van der Waals surface area contributed by atoms with Gasteiger partial charge in [0.05, 0.1) is 26.2 Å². The molecule has 1 amide bonds. The topological polar surface area (TPSA) is 75.7 Å². The number of ketones is 1. The van der Waals surface area contributed by atoms with Crippen LogP contribution in [0.3, 0.4) is 0 Å². The maximum Gasteiger partial charge on any atom is 0.415 e. The molecule has 2 N–H and O–H groups in total. The van der Waals surface area contributed by atoms with Crippen molar-refractivity contribution in [2.45, 2.75) is 43.2 Å². The molecule has 5 aliphatic rings. The highest BCUT2D eigenvalue weighted by atomic mass is 16.6. The van der Waals surface area contributed by atoms with E-state index >= 15 is 0 Å². The molecule has 3 heterocycles. The Morgan fingerprint density at radius 1 is 1.28 bits per heavy atom. The van der Waals surface area contributed by atoms with Crippen LogP contribution in [0.25, 0.3) is 0 Å². The minimum absolute atomic E-state index is 0.206. The first kappa shape index (κ1) is 17.7. The van der Waals surface area contributed by atoms with Crippen molar-refractivity contribution in [2.75, 3.05) is 39.8 Å². The number of carbonyl (C=O) groups excluding carboxylic acids is 2. The summed E-state index contributed by atoms with van der Waals surface area (Å²) in [5, 5.41) is 2.21. The number of amides is 1. The van der Waals surface area contributed by atoms with Crippen LogP contribution in [-0.2, 0) is 16.6 Å². The summed E-state index contributed by atoms with van der Waals surface area (Å²) >= 11 is 0. The number of hydrogen-bond donors (Lipinski definition) is 1. The number of likely N-dealkylation sites (N-methyl/N-ethyl adjacent to an activating group) is 1. The molecule has 0 radical (unpaired) electrons. The quantitative estimate of drug-likeness (QED) is 0.737. The maximum atomic E-state index is 12.9. The van der Waals surface area contributed by atoms with Crippen LogP contribution in [0.4, 0.5) is 4.79 Å². The molecule has 3 fully saturated rings. The first-order valence-corrected chi connectivity index (χ1v) is 10.9. The molecule has 1 saturated carbocycles. The highest BCUT2D eigenvalue weighted by Gasteiger charge is 2.65. The number of benzene rings is 1. The fourth-order valence-electron chi connectivity index (χ4n) is 6.68. The third kappa shape index (κ3) is 2.31. The monoisotopic (exact) mass is 398 g/mol. The molecule has 0 aromatic heterocycles. The van der Waals surface area contributed by atoms with Gasteiger partial charge in [0.2, 0.25) is 0 Å². The number of likely N-dealkylation sites (tertiary alicyclic amines) is 1. The molecular formula is C22H28N3O4+. The minimum Gasteiger partial charge on any atom is -0.477 e. The Morgan fingerprint density at radius 3 is 2.93 bits per heavy atom. The van der Waals surface area contributed by atoms with Crippen LogP contribution in [0.15, 0.2) is 12.1 Å². The number of piperidine rings is 1. The second-order valence-corrected chi connectivity index (χ2v) is 9.30. The smallest absolute Gasteiger partial charge is 0.415 e. The summed E-state index contributed by atoms with van der Waals surface area (Å²) in [5.41, 5.74) is 2.19. The van der Waals surface area contributed by atoms with Gasteiger partial charge in [0.1, 0.15) is 0 Å². The third-order valence-corrected chi connectivity index (χ3v) is 8.03. The van der Waals surface area contributed by atoms with Crippen molar-refractivity contribution < 1.29 is 24.4 Å². The number of carbonyl (C=O) groups is 2. The van der Waals surface area contributed by atoms with Crippen molar-refractivity contribution in [1.29, 1.82) is 0 Å². The van der Waals surface area contributed by atoms with Crippen LogP contribution >= 0.6 is 0 Å². The highest BCUT2D eigenvalue weighted by molar-refractivity contribution is 5.89. The maximum absolute atomic E-state index is 12.9. The normalized spacial score (nSPS) is 35.1. The second-order valence-electron chi connectivity index (χ2n) is 9.30. The van der Waals surface area contributed by atoms with Crippen LogP contribution in [0, 0.1) is 5.92 Å². The molecule has 2 aliphatic carbocycles. The molecule has 2 bridgehead atoms. The van der Waals surface area contributed by atoms with E-state index in [0.29, 0.717) is 43.0 Å². The summed E-state index contributed by atoms with van der Waals surface area (Å²) in [7, 11) is 2.21. The van der Waals surface area contributed by atoms with Gasteiger partial charge in [-0.3, -0.25) is 9.69 Å². The molecule has 7 heteroatoms. The summed E-state index contributed by atoms with van der Waals surface area (Å²) < 4.78 is 12.2. The number of rotatable bonds is 1. The first-order chi connectivity index (χ1) is 14.1. The van der Waals surface area contributed by atoms with Gasteiger partial charge in [-0.05, 0) is 50.4 Å². The molecule has 1 unspecified atom stereocenters. The molecule has 29 heavy (non-hydrogen) atoms. The largest absolute Gasteiger partial charge is 0.477 e. The number of quaternary nitrogens is 1. The average molecular weight is 398 g/mol. The third-order valence-electron chi connectivity index (χ3n) is 8.03. The minimum atomic E-state index is -0.420. The SMILES string of the molecule is CN1CC[C@@]23c4c5ccc(OC(=O)N6CC[NH2+]CC6)c4O[C@@H]2C(=O)CCC3[C@@H]1C5. The van der Waals surface area contributed by atoms with Gasteiger partial charge in [-0.15, -0.1) is 0 Å². The van der Waals surface area contributed by atoms with Crippen molar-refractivity contribution >= 4 is 11.9 Å². The predicted molar refractivity (Wildman–Crippen MR) is 104 cm³/mol. The van der Waals surface area contributed by atoms with Crippen LogP contribution in [-0.4, -0.2) is 73.6 Å². The molecule has 3 aliphatic heterocycles. The lowest BCUT2D eigenvalue weighted by atomic mass is 9.52. The van der Waals surface area contributed by atoms with Gasteiger partial charge < -0.3 is 19.7 Å². The van der Waals surface area contributed by atoms with Gasteiger partial charge in [0, 0.05) is 23.4 Å². The Balaban J connectivity index is 1.42. The summed E-state index contributed by atoms with van der Waals surface area (Å²) in [4.78, 5) is 29.9. The van der Waals surface area contributed by atoms with Gasteiger partial charge in [0.15, 0.2) is 23.4 Å². The van der Waals surface area contributed by atoms with E-state index in [1.165, 1.54) is 11.1 Å². The molecule has 6 rings (SSSR count). The van der Waals surface area contributed by atoms with E-state index < -0.39 is 6.10 Å². The van der Waals surface area contributed by atoms with Crippen molar-refractivity contribution in [3.05, 3.63) is 23.3 Å². The summed E-state index contributed by atoms with van der Waals surface area (Å²) in [6, 6.07) is 4.43. The molecule has 1 aromatic carbocycles. The lowest BCUT2D eigenvalue weighted by molar-refractivity contribution is -0.662. The lowest BCUT2D eigenvalue weighted by Gasteiger charge is -2.57. The number of piperazine rings is 1. The van der Waals surface area contributed by atoms with Crippen LogP contribution in [0.2, 0.25) is 0 Å². The van der Waals surface area contributed by atoms with Crippen molar-refractivity contribution in [3.8, 4) is 11.5 Å². The zero-order valence-corrected chi connectivity index (χ0v) is 16.9. The Bertz CT molecular complexity index is 896. The van der Waals surface area contributed by atoms with Gasteiger partial charge >= 0.3 is 6.09 Å². The fraction of sp³-hybridized carbons (Fsp3) is 0.636. The molecule has 1 spiro atoms. The van der Waals surface area contributed by atoms with E-state index in [9.17, 15) is 9.59 Å². The van der Waals surface area contributed by atoms with E-state index in [-0.39, 0.29) is 17.3 Å². The molecule has 2 saturated heterocycles. The van der Waals surface area contributed by atoms with Gasteiger partial charge in [-0.25, -0.2) is 4.79 Å². The standard InChI is InChI=1S/C22H27N3O4/c1-24-9-6-22-14-3-4-16(26)20(22)29-19-17(5-2-13(18(19)22)12-15(14)24)28-21(27)25-10-7-23-8-11-25/h2,5,14-15,20,23H,3-4,6-12H2,1H3/p+1/t14?,15-,20+,22+/m0/s1. The van der Waals surface area contributed by atoms with E-state index in [0.717, 1.165) is 38.9 Å². The fourth-order valence-corrected chi connectivity index (χ4v) is 6.68. The van der Waals surface area contributed by atoms with Gasteiger partial charge in [0.25, 0.3) is 0 Å². The summed E-state index contributed by atoms with van der Waals surface area (Å²) in [6.07, 6.45) is 2.69. The average Bonchev–Trinajstić information content (AvgIpc) is 3.10. The zero-order valence-electron chi connectivity index (χ0n) is 16.9. The van der Waals surface area contributed by atoms with Crippen LogP contribution < -0.4 is 14.8 Å². The molecule has 154 valence electrons. The number of Topliss-reactive ketones (excluding diaryl/α,β-unsaturated/α-hetero) is 1. The highest BCUT2D eigenvalue weighted by Crippen LogP contribution is 2.63. The first-order valence-electron chi connectivity index (χ1n) is 10.9. The van der Waals surface area contributed by atoms with E-state index in [4.69, 9.17) is 9.47 Å². The molecular weight excluding hydrogens is 370 g/mol. The van der Waals surface area contributed by atoms with Crippen molar-refractivity contribution in [2.24, 2.45) is 5.92 Å². The number of nitrogens with zero attached hydrogens (tertiary/aromatic N) is 2. The summed E-state index contributed by atoms with van der Waals surface area (Å²) in [6.45, 7) is 4.17. The Kier molecular flexibility index (Phi) is 3.78. The lowest BCUT2D eigenvalue weighted by Crippen LogP contribution is -2.90. The summed E-state index contributed by atoms with van der Waals surface area (Å²) in [5.74, 6) is 1.78.